The van der Waals surface area contributed by atoms with E-state index in [1.165, 1.54) is 5.56 Å². The first-order valence-electron chi connectivity index (χ1n) is 7.08. The van der Waals surface area contributed by atoms with Crippen LogP contribution in [-0.4, -0.2) is 41.2 Å². The highest BCUT2D eigenvalue weighted by Gasteiger charge is 2.36. The summed E-state index contributed by atoms with van der Waals surface area (Å²) in [6, 6.07) is 8.22. The van der Waals surface area contributed by atoms with Crippen LogP contribution in [0.25, 0.3) is 11.3 Å². The molecule has 2 unspecified atom stereocenters. The van der Waals surface area contributed by atoms with E-state index in [2.05, 4.69) is 34.3 Å². The van der Waals surface area contributed by atoms with Gasteiger partial charge in [0.2, 0.25) is 0 Å². The lowest BCUT2D eigenvalue weighted by Gasteiger charge is -2.47. The van der Waals surface area contributed by atoms with Crippen LogP contribution in [0, 0.1) is 12.1 Å². The van der Waals surface area contributed by atoms with Crippen LogP contribution in [0.3, 0.4) is 0 Å². The van der Waals surface area contributed by atoms with Crippen molar-refractivity contribution in [1.82, 2.24) is 19.9 Å². The Morgan fingerprint density at radius 3 is 2.81 bits per heavy atom. The molecule has 0 radical (unpaired) electrons. The number of nitrogens with zero attached hydrogens (tertiary/aromatic N) is 2. The number of hydrogen-bond donors (Lipinski definition) is 2. The van der Waals surface area contributed by atoms with Crippen LogP contribution in [0.15, 0.2) is 30.5 Å². The number of piperazine rings is 1. The average molecular weight is 304 g/mol. The number of aromatic nitrogens is 2. The quantitative estimate of drug-likeness (QED) is 0.675. The number of quaternary nitrogens is 1. The molecule has 0 amide bonds. The molecule has 112 valence electrons. The Hall–Kier alpha value is -1.34. The van der Waals surface area contributed by atoms with Gasteiger partial charge in [0, 0.05) is 6.54 Å². The Labute approximate surface area is 128 Å². The molecule has 2 N–H and O–H groups in total. The fourth-order valence-electron chi connectivity index (χ4n) is 2.64. The SMILES string of the molecule is CSC1CNCC[N+]1([O-])c1ncc(-c2ccc(C)cc2)[nH]1. The lowest BCUT2D eigenvalue weighted by Crippen LogP contribution is -2.61. The normalized spacial score (nSPS) is 26.0. The number of nitrogens with one attached hydrogen (secondary N) is 2. The standard InChI is InChI=1S/C15H20N4OS/c1-11-3-5-12(6-4-11)13-9-17-15(18-13)19(20)8-7-16-10-14(19)21-2/h3-6,9,14,16H,7-8,10H2,1-2H3,(H,17,18). The van der Waals surface area contributed by atoms with Crippen molar-refractivity contribution in [3.63, 3.8) is 0 Å². The average Bonchev–Trinajstić information content (AvgIpc) is 2.99. The first-order valence-corrected chi connectivity index (χ1v) is 8.37. The third kappa shape index (κ3) is 2.72. The number of aromatic amines is 1. The number of hydrogen-bond acceptors (Lipinski definition) is 4. The molecular weight excluding hydrogens is 284 g/mol. The van der Waals surface area contributed by atoms with Gasteiger partial charge in [-0.3, -0.25) is 9.63 Å². The Bertz CT molecular complexity index is 612. The number of rotatable bonds is 3. The molecule has 5 nitrogen and oxygen atoms in total. The van der Waals surface area contributed by atoms with Crippen LogP contribution < -0.4 is 9.96 Å². The second kappa shape index (κ2) is 5.81. The lowest BCUT2D eigenvalue weighted by molar-refractivity contribution is 0.285. The minimum absolute atomic E-state index is 0.0595. The second-order valence-corrected chi connectivity index (χ2v) is 6.42. The van der Waals surface area contributed by atoms with Gasteiger partial charge in [0.15, 0.2) is 5.37 Å². The van der Waals surface area contributed by atoms with Crippen LogP contribution >= 0.6 is 11.8 Å². The molecule has 0 saturated carbocycles. The van der Waals surface area contributed by atoms with Crippen molar-refractivity contribution in [2.24, 2.45) is 0 Å². The summed E-state index contributed by atoms with van der Waals surface area (Å²) in [6.07, 6.45) is 3.74. The molecule has 1 aromatic heterocycles. The molecule has 1 aliphatic rings. The molecule has 2 heterocycles. The fraction of sp³-hybridized carbons (Fsp3) is 0.400. The van der Waals surface area contributed by atoms with Gasteiger partial charge in [0.25, 0.3) is 0 Å². The van der Waals surface area contributed by atoms with E-state index in [0.29, 0.717) is 19.0 Å². The van der Waals surface area contributed by atoms with E-state index in [-0.39, 0.29) is 10.0 Å². The predicted octanol–water partition coefficient (Wildman–Crippen LogP) is 2.48. The molecule has 2 atom stereocenters. The summed E-state index contributed by atoms with van der Waals surface area (Å²) in [5, 5.41) is 16.4. The maximum absolute atomic E-state index is 13.2. The van der Waals surface area contributed by atoms with E-state index in [4.69, 9.17) is 0 Å². The summed E-state index contributed by atoms with van der Waals surface area (Å²) in [5.41, 5.74) is 3.17. The zero-order valence-electron chi connectivity index (χ0n) is 12.3. The summed E-state index contributed by atoms with van der Waals surface area (Å²) in [5.74, 6) is 0.506. The van der Waals surface area contributed by atoms with Crippen LogP contribution in [0.5, 0.6) is 0 Å². The second-order valence-electron chi connectivity index (χ2n) is 5.40. The topological polar surface area (TPSA) is 63.8 Å². The maximum atomic E-state index is 13.2. The van der Waals surface area contributed by atoms with Gasteiger partial charge in [-0.2, -0.15) is 4.98 Å². The van der Waals surface area contributed by atoms with Gasteiger partial charge >= 0.3 is 5.95 Å². The summed E-state index contributed by atoms with van der Waals surface area (Å²) in [4.78, 5) is 7.60. The van der Waals surface area contributed by atoms with Crippen molar-refractivity contribution in [3.05, 3.63) is 41.2 Å². The number of benzene rings is 1. The molecule has 0 spiro atoms. The Morgan fingerprint density at radius 2 is 2.10 bits per heavy atom. The molecule has 1 fully saturated rings. The van der Waals surface area contributed by atoms with Gasteiger partial charge in [-0.05, 0) is 18.7 Å². The van der Waals surface area contributed by atoms with E-state index < -0.39 is 0 Å². The van der Waals surface area contributed by atoms with E-state index in [1.54, 1.807) is 18.0 Å². The summed E-state index contributed by atoms with van der Waals surface area (Å²) in [6.45, 7) is 4.00. The highest BCUT2D eigenvalue weighted by Crippen LogP contribution is 2.30. The minimum Gasteiger partial charge on any atom is -0.624 e. The third-order valence-electron chi connectivity index (χ3n) is 3.96. The number of aryl methyl sites for hydroxylation is 1. The zero-order chi connectivity index (χ0) is 14.9. The highest BCUT2D eigenvalue weighted by molar-refractivity contribution is 7.99. The smallest absolute Gasteiger partial charge is 0.307 e. The van der Waals surface area contributed by atoms with Crippen molar-refractivity contribution < 1.29 is 0 Å². The summed E-state index contributed by atoms with van der Waals surface area (Å²) < 4.78 is -0.389. The number of thioether (sulfide) groups is 1. The number of hydroxylamine groups is 2. The van der Waals surface area contributed by atoms with Crippen molar-refractivity contribution in [2.75, 3.05) is 25.9 Å². The first kappa shape index (κ1) is 14.6. The molecule has 3 rings (SSSR count). The van der Waals surface area contributed by atoms with Crippen LogP contribution in [-0.2, 0) is 0 Å². The Morgan fingerprint density at radius 1 is 1.33 bits per heavy atom. The monoisotopic (exact) mass is 304 g/mol. The molecular formula is C15H20N4OS. The molecule has 0 aliphatic carbocycles. The van der Waals surface area contributed by atoms with Gasteiger partial charge < -0.3 is 10.5 Å². The van der Waals surface area contributed by atoms with E-state index in [1.807, 2.05) is 18.4 Å². The molecule has 0 bridgehead atoms. The van der Waals surface area contributed by atoms with E-state index in [9.17, 15) is 5.21 Å². The zero-order valence-corrected chi connectivity index (χ0v) is 13.1. The Balaban J connectivity index is 1.91. The number of H-pyrrole nitrogens is 1. The van der Waals surface area contributed by atoms with Crippen molar-refractivity contribution in [1.29, 1.82) is 0 Å². The minimum atomic E-state index is -0.389. The van der Waals surface area contributed by atoms with Gasteiger partial charge in [-0.15, -0.1) is 11.8 Å². The fourth-order valence-corrected chi connectivity index (χ4v) is 3.47. The lowest BCUT2D eigenvalue weighted by atomic mass is 10.1. The van der Waals surface area contributed by atoms with Gasteiger partial charge in [-0.1, -0.05) is 29.8 Å². The highest BCUT2D eigenvalue weighted by atomic mass is 32.2. The van der Waals surface area contributed by atoms with Crippen LogP contribution in [0.1, 0.15) is 5.56 Å². The van der Waals surface area contributed by atoms with Crippen molar-refractivity contribution in [3.8, 4) is 11.3 Å². The molecule has 1 aromatic carbocycles. The first-order chi connectivity index (χ1) is 10.1. The third-order valence-corrected chi connectivity index (χ3v) is 5.01. The number of imidazole rings is 1. The Kier molecular flexibility index (Phi) is 4.03. The summed E-state index contributed by atoms with van der Waals surface area (Å²) >= 11 is 1.59. The molecule has 2 aromatic rings. The van der Waals surface area contributed by atoms with E-state index >= 15 is 0 Å². The van der Waals surface area contributed by atoms with Crippen molar-refractivity contribution >= 4 is 17.7 Å². The van der Waals surface area contributed by atoms with E-state index in [0.717, 1.165) is 17.8 Å². The van der Waals surface area contributed by atoms with Gasteiger partial charge in [0.1, 0.15) is 0 Å². The molecule has 21 heavy (non-hydrogen) atoms. The molecule has 1 aliphatic heterocycles. The van der Waals surface area contributed by atoms with Crippen LogP contribution in [0.2, 0.25) is 0 Å². The van der Waals surface area contributed by atoms with Crippen molar-refractivity contribution in [2.45, 2.75) is 12.3 Å². The molecule has 1 saturated heterocycles. The maximum Gasteiger partial charge on any atom is 0.307 e. The van der Waals surface area contributed by atoms with Crippen LogP contribution in [0.4, 0.5) is 5.95 Å². The largest absolute Gasteiger partial charge is 0.624 e. The summed E-state index contributed by atoms with van der Waals surface area (Å²) in [7, 11) is 0. The van der Waals surface area contributed by atoms with Gasteiger partial charge in [-0.25, -0.2) is 0 Å². The molecule has 6 heteroatoms. The van der Waals surface area contributed by atoms with Gasteiger partial charge in [0.05, 0.1) is 25.0 Å². The predicted molar refractivity (Wildman–Crippen MR) is 89.0 cm³/mol.